The van der Waals surface area contributed by atoms with Gasteiger partial charge in [0, 0.05) is 25.8 Å². The largest absolute Gasteiger partial charge is 0.394 e. The van der Waals surface area contributed by atoms with Gasteiger partial charge in [0.2, 0.25) is 0 Å². The van der Waals surface area contributed by atoms with Gasteiger partial charge in [-0.1, -0.05) is 6.07 Å². The molecule has 0 saturated heterocycles. The lowest BCUT2D eigenvalue weighted by atomic mass is 10.1. The molecule has 7 heteroatoms. The molecule has 0 saturated carbocycles. The number of aliphatic hydroxyl groups excluding tert-OH is 1. The molecule has 1 rings (SSSR count). The number of rotatable bonds is 7. The van der Waals surface area contributed by atoms with E-state index in [1.165, 1.54) is 19.2 Å². The summed E-state index contributed by atoms with van der Waals surface area (Å²) in [5, 5.41) is 22.8. The Hall–Kier alpha value is -2.17. The third-order valence-electron chi connectivity index (χ3n) is 2.85. The molecule has 2 amide bonds. The van der Waals surface area contributed by atoms with E-state index in [9.17, 15) is 9.18 Å². The maximum Gasteiger partial charge on any atom is 0.315 e. The molecule has 0 aliphatic rings. The number of nitriles is 1. The van der Waals surface area contributed by atoms with Gasteiger partial charge in [0.15, 0.2) is 0 Å². The standard InChI is InChI=1S/C14H18FN3O3/c1-21-5-4-12(9-19)18-14(20)17-8-11-3-2-10(7-16)6-13(11)15/h2-3,6,12,19H,4-5,8-9H2,1H3,(H2,17,18,20). The van der Waals surface area contributed by atoms with Crippen LogP contribution in [-0.2, 0) is 11.3 Å². The zero-order chi connectivity index (χ0) is 15.7. The van der Waals surface area contributed by atoms with E-state index in [1.807, 2.05) is 6.07 Å². The van der Waals surface area contributed by atoms with Crippen molar-refractivity contribution in [3.05, 3.63) is 35.1 Å². The Morgan fingerprint density at radius 1 is 1.57 bits per heavy atom. The summed E-state index contributed by atoms with van der Waals surface area (Å²) >= 11 is 0. The van der Waals surface area contributed by atoms with Gasteiger partial charge in [-0.05, 0) is 18.6 Å². The Morgan fingerprint density at radius 2 is 2.33 bits per heavy atom. The Bertz CT molecular complexity index is 517. The number of carbonyl (C=O) groups is 1. The highest BCUT2D eigenvalue weighted by Crippen LogP contribution is 2.09. The number of methoxy groups -OCH3 is 1. The first-order chi connectivity index (χ1) is 10.1. The average Bonchev–Trinajstić information content (AvgIpc) is 2.49. The van der Waals surface area contributed by atoms with Gasteiger partial charge < -0.3 is 20.5 Å². The van der Waals surface area contributed by atoms with E-state index >= 15 is 0 Å². The highest BCUT2D eigenvalue weighted by molar-refractivity contribution is 5.74. The van der Waals surface area contributed by atoms with Crippen LogP contribution in [0.25, 0.3) is 0 Å². The molecule has 0 aliphatic heterocycles. The normalized spacial score (nSPS) is 11.5. The van der Waals surface area contributed by atoms with E-state index in [0.717, 1.165) is 6.07 Å². The second-order valence-corrected chi connectivity index (χ2v) is 4.41. The fourth-order valence-corrected chi connectivity index (χ4v) is 1.64. The second-order valence-electron chi connectivity index (χ2n) is 4.41. The van der Waals surface area contributed by atoms with Crippen molar-refractivity contribution < 1.29 is 19.0 Å². The zero-order valence-electron chi connectivity index (χ0n) is 11.7. The molecular formula is C14H18FN3O3. The lowest BCUT2D eigenvalue weighted by Crippen LogP contribution is -2.44. The van der Waals surface area contributed by atoms with Gasteiger partial charge in [0.05, 0.1) is 24.3 Å². The minimum atomic E-state index is -0.549. The molecule has 6 nitrogen and oxygen atoms in total. The van der Waals surface area contributed by atoms with Crippen LogP contribution in [0.2, 0.25) is 0 Å². The van der Waals surface area contributed by atoms with E-state index in [1.54, 1.807) is 0 Å². The van der Waals surface area contributed by atoms with Gasteiger partial charge in [-0.2, -0.15) is 5.26 Å². The van der Waals surface area contributed by atoms with Gasteiger partial charge in [-0.15, -0.1) is 0 Å². The summed E-state index contributed by atoms with van der Waals surface area (Å²) in [5.41, 5.74) is 0.502. The number of hydrogen-bond acceptors (Lipinski definition) is 4. The average molecular weight is 295 g/mol. The number of nitrogens with one attached hydrogen (secondary N) is 2. The van der Waals surface area contributed by atoms with Crippen molar-refractivity contribution >= 4 is 6.03 Å². The number of halogens is 1. The van der Waals surface area contributed by atoms with Crippen molar-refractivity contribution in [2.75, 3.05) is 20.3 Å². The van der Waals surface area contributed by atoms with Crippen LogP contribution in [0.4, 0.5) is 9.18 Å². The maximum atomic E-state index is 13.6. The Balaban J connectivity index is 2.47. The maximum absolute atomic E-state index is 13.6. The lowest BCUT2D eigenvalue weighted by molar-refractivity contribution is 0.159. The predicted molar refractivity (Wildman–Crippen MR) is 73.9 cm³/mol. The van der Waals surface area contributed by atoms with E-state index in [2.05, 4.69) is 10.6 Å². The van der Waals surface area contributed by atoms with Gasteiger partial charge in [0.25, 0.3) is 0 Å². The van der Waals surface area contributed by atoms with Gasteiger partial charge in [-0.3, -0.25) is 0 Å². The molecule has 0 radical (unpaired) electrons. The molecule has 0 fully saturated rings. The molecule has 1 unspecified atom stereocenters. The van der Waals surface area contributed by atoms with E-state index < -0.39 is 17.9 Å². The van der Waals surface area contributed by atoms with Crippen molar-refractivity contribution in [3.8, 4) is 6.07 Å². The van der Waals surface area contributed by atoms with Crippen LogP contribution < -0.4 is 10.6 Å². The molecule has 0 spiro atoms. The molecule has 114 valence electrons. The van der Waals surface area contributed by atoms with E-state index in [4.69, 9.17) is 15.1 Å². The summed E-state index contributed by atoms with van der Waals surface area (Å²) in [7, 11) is 1.53. The summed E-state index contributed by atoms with van der Waals surface area (Å²) in [6.07, 6.45) is 0.478. The van der Waals surface area contributed by atoms with Gasteiger partial charge >= 0.3 is 6.03 Å². The molecule has 0 heterocycles. The summed E-state index contributed by atoms with van der Waals surface area (Å²) in [6.45, 7) is 0.198. The topological polar surface area (TPSA) is 94.4 Å². The van der Waals surface area contributed by atoms with Gasteiger partial charge in [-0.25, -0.2) is 9.18 Å². The molecule has 0 aliphatic carbocycles. The summed E-state index contributed by atoms with van der Waals surface area (Å²) in [4.78, 5) is 11.6. The van der Waals surface area contributed by atoms with Crippen LogP contribution in [0.3, 0.4) is 0 Å². The fourth-order valence-electron chi connectivity index (χ4n) is 1.64. The molecule has 0 aromatic heterocycles. The number of amides is 2. The summed E-state index contributed by atoms with van der Waals surface area (Å²) in [5.74, 6) is -0.549. The quantitative estimate of drug-likeness (QED) is 0.696. The monoisotopic (exact) mass is 295 g/mol. The second kappa shape index (κ2) is 8.89. The first kappa shape index (κ1) is 16.9. The number of carbonyl (C=O) groups excluding carboxylic acids is 1. The van der Waals surface area contributed by atoms with Crippen molar-refractivity contribution in [1.29, 1.82) is 5.26 Å². The number of ether oxygens (including phenoxy) is 1. The first-order valence-electron chi connectivity index (χ1n) is 6.43. The predicted octanol–water partition coefficient (Wildman–Crippen LogP) is 0.894. The molecule has 21 heavy (non-hydrogen) atoms. The number of urea groups is 1. The highest BCUT2D eigenvalue weighted by Gasteiger charge is 2.11. The van der Waals surface area contributed by atoms with Crippen LogP contribution in [0.1, 0.15) is 17.5 Å². The molecule has 1 atom stereocenters. The van der Waals surface area contributed by atoms with Crippen LogP contribution in [0.15, 0.2) is 18.2 Å². The smallest absolute Gasteiger partial charge is 0.315 e. The minimum absolute atomic E-state index is 0.00813. The number of hydrogen-bond donors (Lipinski definition) is 3. The molecule has 1 aromatic rings. The third-order valence-corrected chi connectivity index (χ3v) is 2.85. The number of aliphatic hydroxyl groups is 1. The number of benzene rings is 1. The van der Waals surface area contributed by atoms with Crippen molar-refractivity contribution in [1.82, 2.24) is 10.6 Å². The summed E-state index contributed by atoms with van der Waals surface area (Å²) in [6, 6.07) is 4.95. The van der Waals surface area contributed by atoms with Crippen LogP contribution >= 0.6 is 0 Å². The minimum Gasteiger partial charge on any atom is -0.394 e. The Kier molecular flexibility index (Phi) is 7.15. The van der Waals surface area contributed by atoms with Crippen LogP contribution in [0.5, 0.6) is 0 Å². The fraction of sp³-hybridized carbons (Fsp3) is 0.429. The summed E-state index contributed by atoms with van der Waals surface area (Å²) < 4.78 is 18.5. The van der Waals surface area contributed by atoms with Crippen molar-refractivity contribution in [3.63, 3.8) is 0 Å². The molecular weight excluding hydrogens is 277 g/mol. The first-order valence-corrected chi connectivity index (χ1v) is 6.43. The highest BCUT2D eigenvalue weighted by atomic mass is 19.1. The molecule has 0 bridgehead atoms. The zero-order valence-corrected chi connectivity index (χ0v) is 11.7. The van der Waals surface area contributed by atoms with Gasteiger partial charge in [0.1, 0.15) is 5.82 Å². The Morgan fingerprint density at radius 3 is 2.90 bits per heavy atom. The Labute approximate surface area is 122 Å². The van der Waals surface area contributed by atoms with Crippen molar-refractivity contribution in [2.24, 2.45) is 0 Å². The van der Waals surface area contributed by atoms with Crippen molar-refractivity contribution in [2.45, 2.75) is 19.0 Å². The third kappa shape index (κ3) is 5.77. The van der Waals surface area contributed by atoms with Crippen LogP contribution in [-0.4, -0.2) is 37.5 Å². The lowest BCUT2D eigenvalue weighted by Gasteiger charge is -2.16. The molecule has 1 aromatic carbocycles. The number of nitrogens with zero attached hydrogens (tertiary/aromatic N) is 1. The molecule has 3 N–H and O–H groups in total. The van der Waals surface area contributed by atoms with E-state index in [0.29, 0.717) is 13.0 Å². The SMILES string of the molecule is COCCC(CO)NC(=O)NCc1ccc(C#N)cc1F. The van der Waals surface area contributed by atoms with E-state index in [-0.39, 0.29) is 24.3 Å². The van der Waals surface area contributed by atoms with Crippen LogP contribution in [0, 0.1) is 17.1 Å².